The molecule has 192 valence electrons. The molecule has 0 atom stereocenters. The summed E-state index contributed by atoms with van der Waals surface area (Å²) in [6.45, 7) is 18.6. The van der Waals surface area contributed by atoms with Crippen LogP contribution in [0, 0.1) is 0 Å². The molecule has 0 aliphatic carbocycles. The maximum absolute atomic E-state index is 11.8. The summed E-state index contributed by atoms with van der Waals surface area (Å²) < 4.78 is 13.8. The normalized spacial score (nSPS) is 13.7. The van der Waals surface area contributed by atoms with Crippen LogP contribution in [0.5, 0.6) is 0 Å². The van der Waals surface area contributed by atoms with Gasteiger partial charge >= 0.3 is 214 Å². The molecule has 0 aromatic heterocycles. The van der Waals surface area contributed by atoms with Gasteiger partial charge in [-0.3, -0.25) is 0 Å². The van der Waals surface area contributed by atoms with Gasteiger partial charge in [-0.05, 0) is 0 Å². The van der Waals surface area contributed by atoms with E-state index in [0.717, 1.165) is 0 Å². The Hall–Kier alpha value is 1.30. The van der Waals surface area contributed by atoms with E-state index >= 15 is 0 Å². The van der Waals surface area contributed by atoms with Gasteiger partial charge in [0.15, 0.2) is 0 Å². The summed E-state index contributed by atoms with van der Waals surface area (Å²) in [7, 11) is 0. The quantitative estimate of drug-likeness (QED) is 0.121. The van der Waals surface area contributed by atoms with Crippen LogP contribution in [0.3, 0.4) is 0 Å². The summed E-state index contributed by atoms with van der Waals surface area (Å²) in [5, 5.41) is 11.8. The van der Waals surface area contributed by atoms with Crippen molar-refractivity contribution in [3.63, 3.8) is 0 Å². The molecule has 0 saturated carbocycles. The Morgan fingerprint density at radius 3 is 1.09 bits per heavy atom. The van der Waals surface area contributed by atoms with Crippen LogP contribution in [-0.2, 0) is 0 Å². The molecule has 1 N–H and O–H groups in total. The summed E-state index contributed by atoms with van der Waals surface area (Å²) in [5.41, 5.74) is -0.599. The Balaban J connectivity index is 6.75. The Morgan fingerprint density at radius 2 is 0.844 bits per heavy atom. The van der Waals surface area contributed by atoms with Crippen LogP contribution >= 0.6 is 0 Å². The molecule has 32 heavy (non-hydrogen) atoms. The molecule has 1 nitrogen and oxygen atoms in total. The Bertz CT molecular complexity index is 434. The van der Waals surface area contributed by atoms with E-state index in [1.165, 1.54) is 104 Å². The summed E-state index contributed by atoms with van der Waals surface area (Å²) in [5.74, 6) is 0. The van der Waals surface area contributed by atoms with E-state index in [4.69, 9.17) is 0 Å². The third kappa shape index (κ3) is 12.3. The first-order valence-electron chi connectivity index (χ1n) is 14.7. The van der Waals surface area contributed by atoms with E-state index in [2.05, 4.69) is 59.5 Å². The second kappa shape index (κ2) is 18.5. The van der Waals surface area contributed by atoms with Crippen molar-refractivity contribution < 1.29 is 5.11 Å². The average Bonchev–Trinajstić information content (AvgIpc) is 2.77. The van der Waals surface area contributed by atoms with Gasteiger partial charge in [0, 0.05) is 0 Å². The fraction of sp³-hybridized carbons (Fsp3) is 0.931. The molecular weight excluding hydrogens is 602 g/mol. The van der Waals surface area contributed by atoms with Gasteiger partial charge in [0.05, 0.1) is 0 Å². The molecule has 0 aliphatic rings. The Morgan fingerprint density at radius 1 is 0.562 bits per heavy atom. The number of aliphatic hydroxyl groups is 1. The fourth-order valence-corrected chi connectivity index (χ4v) is 50.5. The third-order valence-corrected chi connectivity index (χ3v) is 40.9. The van der Waals surface area contributed by atoms with Crippen LogP contribution < -0.4 is 0 Å². The standard InChI is InChI=1S/C5H8O.6C4H9.2Sn/c1-4-5(2,3)6;6*1-3-4-2;;/h1,6H,2-3H3;6*1,3-4H2,2H3;;. The van der Waals surface area contributed by atoms with Crippen LogP contribution in [0.2, 0.25) is 26.6 Å². The van der Waals surface area contributed by atoms with Crippen molar-refractivity contribution in [1.29, 1.82) is 0 Å². The molecule has 0 unspecified atom stereocenters. The molecule has 0 aliphatic heterocycles. The third-order valence-electron chi connectivity index (χ3n) is 7.79. The summed E-state index contributed by atoms with van der Waals surface area (Å²) in [6, 6.07) is 0. The first kappa shape index (κ1) is 33.3. The molecule has 0 fully saturated rings. The first-order chi connectivity index (χ1) is 15.2. The van der Waals surface area contributed by atoms with Crippen molar-refractivity contribution in [2.24, 2.45) is 0 Å². The zero-order valence-corrected chi connectivity index (χ0v) is 29.5. The van der Waals surface area contributed by atoms with Crippen molar-refractivity contribution in [2.75, 3.05) is 0 Å². The van der Waals surface area contributed by atoms with Crippen LogP contribution in [0.25, 0.3) is 0 Å². The van der Waals surface area contributed by atoms with E-state index < -0.39 is 42.4 Å². The van der Waals surface area contributed by atoms with Crippen molar-refractivity contribution in [3.8, 4) is 0 Å². The van der Waals surface area contributed by atoms with Gasteiger partial charge in [0.1, 0.15) is 0 Å². The second-order valence-electron chi connectivity index (χ2n) is 11.4. The number of hydrogen-bond donors (Lipinski definition) is 1. The van der Waals surface area contributed by atoms with Gasteiger partial charge in [-0.15, -0.1) is 0 Å². The molecule has 0 amide bonds. The molecule has 0 radical (unpaired) electrons. The van der Waals surface area contributed by atoms with Crippen LogP contribution in [-0.4, -0.2) is 47.5 Å². The second-order valence-corrected chi connectivity index (χ2v) is 37.4. The van der Waals surface area contributed by atoms with E-state index in [1.54, 1.807) is 3.59 Å². The van der Waals surface area contributed by atoms with Crippen LogP contribution in [0.1, 0.15) is 132 Å². The van der Waals surface area contributed by atoms with Gasteiger partial charge in [-0.25, -0.2) is 0 Å². The average molecular weight is 664 g/mol. The van der Waals surface area contributed by atoms with Crippen molar-refractivity contribution in [1.82, 2.24) is 0 Å². The fourth-order valence-electron chi connectivity index (χ4n) is 5.79. The van der Waals surface area contributed by atoms with Gasteiger partial charge in [-0.1, -0.05) is 0 Å². The predicted octanol–water partition coefficient (Wildman–Crippen LogP) is 10.5. The van der Waals surface area contributed by atoms with Crippen molar-refractivity contribution in [2.45, 2.75) is 165 Å². The summed E-state index contributed by atoms with van der Waals surface area (Å²) in [4.78, 5) is 0. The molecular formula is C29H62OSn2. The van der Waals surface area contributed by atoms with Crippen molar-refractivity contribution >= 4 is 36.8 Å². The minimum absolute atomic E-state index is 0.599. The zero-order chi connectivity index (χ0) is 24.5. The van der Waals surface area contributed by atoms with Crippen molar-refractivity contribution in [3.05, 3.63) is 7.68 Å². The number of hydrogen-bond acceptors (Lipinski definition) is 1. The molecule has 0 rings (SSSR count). The van der Waals surface area contributed by atoms with Gasteiger partial charge < -0.3 is 0 Å². The van der Waals surface area contributed by atoms with Crippen LogP contribution in [0.4, 0.5) is 0 Å². The van der Waals surface area contributed by atoms with Gasteiger partial charge in [0.25, 0.3) is 0 Å². The first-order valence-corrected chi connectivity index (χ1v) is 29.8. The van der Waals surface area contributed by atoms with Gasteiger partial charge in [-0.2, -0.15) is 0 Å². The molecule has 3 heteroatoms. The Kier molecular flexibility index (Phi) is 19.3. The summed E-state index contributed by atoms with van der Waals surface area (Å²) in [6.07, 6.45) is 16.3. The van der Waals surface area contributed by atoms with E-state index in [9.17, 15) is 5.11 Å². The molecule has 0 saturated heterocycles. The monoisotopic (exact) mass is 666 g/mol. The van der Waals surface area contributed by atoms with Gasteiger partial charge in [0.2, 0.25) is 0 Å². The molecule has 0 aromatic carbocycles. The molecule has 0 spiro atoms. The van der Waals surface area contributed by atoms with E-state index in [1.807, 2.05) is 0 Å². The summed E-state index contributed by atoms with van der Waals surface area (Å²) >= 11 is -5.13. The maximum atomic E-state index is 11.8. The SMILES string of the molecule is CCC[CH2][Sn](/[CH]=[C](/C(C)(C)O)[Sn]([CH2]CCC)([CH2]CCC)[CH2]CCC)([CH2]CCC)[CH2]CCC. The molecule has 0 bridgehead atoms. The number of rotatable bonds is 21. The zero-order valence-electron chi connectivity index (χ0n) is 23.8. The Labute approximate surface area is 212 Å². The van der Waals surface area contributed by atoms with E-state index in [0.29, 0.717) is 0 Å². The van der Waals surface area contributed by atoms with E-state index in [-0.39, 0.29) is 0 Å². The molecule has 0 aromatic rings. The predicted molar refractivity (Wildman–Crippen MR) is 154 cm³/mol. The topological polar surface area (TPSA) is 20.2 Å². The molecule has 0 heterocycles. The number of unbranched alkanes of at least 4 members (excludes halogenated alkanes) is 6. The van der Waals surface area contributed by atoms with Crippen LogP contribution in [0.15, 0.2) is 7.68 Å². The minimum atomic E-state index is -2.66.